The minimum atomic E-state index is 0.724. The van der Waals surface area contributed by atoms with E-state index < -0.39 is 0 Å². The minimum absolute atomic E-state index is 0.724. The first-order valence-electron chi connectivity index (χ1n) is 7.34. The molecule has 0 unspecified atom stereocenters. The number of nitrogen functional groups attached to an aromatic ring is 1. The molecule has 0 saturated heterocycles. The van der Waals surface area contributed by atoms with E-state index in [1.54, 1.807) is 0 Å². The molecule has 2 N–H and O–H groups in total. The molecule has 0 radical (unpaired) electrons. The van der Waals surface area contributed by atoms with Crippen molar-refractivity contribution in [3.8, 4) is 11.4 Å². The molecule has 2 aromatic rings. The van der Waals surface area contributed by atoms with Gasteiger partial charge in [-0.15, -0.1) is 5.10 Å². The van der Waals surface area contributed by atoms with Gasteiger partial charge in [0.2, 0.25) is 0 Å². The number of nitrogens with two attached hydrogens (primary N) is 1. The van der Waals surface area contributed by atoms with Crippen LogP contribution in [0.5, 0.6) is 0 Å². The number of nitrogens with zero attached hydrogens (tertiary/aromatic N) is 4. The number of hydrogen-bond acceptors (Lipinski definition) is 5. The summed E-state index contributed by atoms with van der Waals surface area (Å²) in [5.41, 5.74) is 9.94. The molecule has 6 heteroatoms. The molecular weight excluding hydrogens is 266 g/mol. The smallest absolute Gasteiger partial charge is 0.182 e. The van der Waals surface area contributed by atoms with Gasteiger partial charge in [0.25, 0.3) is 0 Å². The quantitative estimate of drug-likeness (QED) is 0.625. The predicted octanol–water partition coefficient (Wildman–Crippen LogP) is 2.36. The average Bonchev–Trinajstić information content (AvgIpc) is 2.91. The summed E-state index contributed by atoms with van der Waals surface area (Å²) in [4.78, 5) is 0. The normalized spacial score (nSPS) is 11.0. The summed E-state index contributed by atoms with van der Waals surface area (Å²) in [7, 11) is 0. The maximum Gasteiger partial charge on any atom is 0.182 e. The predicted molar refractivity (Wildman–Crippen MR) is 82.9 cm³/mol. The van der Waals surface area contributed by atoms with Crippen LogP contribution in [0.1, 0.15) is 30.9 Å². The van der Waals surface area contributed by atoms with Crippen molar-refractivity contribution in [2.75, 3.05) is 18.9 Å². The van der Waals surface area contributed by atoms with Crippen LogP contribution in [0.3, 0.4) is 0 Å². The van der Waals surface area contributed by atoms with Crippen molar-refractivity contribution in [3.05, 3.63) is 23.3 Å². The number of ether oxygens (including phenoxy) is 1. The van der Waals surface area contributed by atoms with Crippen molar-refractivity contribution < 1.29 is 4.74 Å². The van der Waals surface area contributed by atoms with E-state index in [0.29, 0.717) is 0 Å². The molecule has 0 bridgehead atoms. The van der Waals surface area contributed by atoms with Crippen molar-refractivity contribution in [1.82, 2.24) is 20.2 Å². The number of aryl methyl sites for hydroxylation is 3. The van der Waals surface area contributed by atoms with Gasteiger partial charge in [-0.05, 0) is 54.3 Å². The number of benzene rings is 1. The first-order chi connectivity index (χ1) is 10.1. The summed E-state index contributed by atoms with van der Waals surface area (Å²) in [6.45, 7) is 8.41. The number of hydrogen-bond donors (Lipinski definition) is 1. The zero-order valence-corrected chi connectivity index (χ0v) is 13.0. The van der Waals surface area contributed by atoms with Gasteiger partial charge in [-0.1, -0.05) is 13.0 Å². The van der Waals surface area contributed by atoms with E-state index in [1.807, 2.05) is 24.6 Å². The van der Waals surface area contributed by atoms with Crippen LogP contribution in [-0.2, 0) is 11.3 Å². The van der Waals surface area contributed by atoms with Gasteiger partial charge in [0.05, 0.1) is 0 Å². The van der Waals surface area contributed by atoms with Gasteiger partial charge in [-0.25, -0.2) is 4.68 Å². The molecule has 0 amide bonds. The number of anilines is 1. The largest absolute Gasteiger partial charge is 0.398 e. The molecule has 6 nitrogen and oxygen atoms in total. The second-order valence-electron chi connectivity index (χ2n) is 5.22. The first-order valence-corrected chi connectivity index (χ1v) is 7.34. The Bertz CT molecular complexity index is 594. The molecule has 0 atom stereocenters. The van der Waals surface area contributed by atoms with Gasteiger partial charge in [-0.2, -0.15) is 0 Å². The van der Waals surface area contributed by atoms with E-state index in [2.05, 4.69) is 28.5 Å². The Labute approximate surface area is 125 Å². The Morgan fingerprint density at radius 3 is 2.76 bits per heavy atom. The van der Waals surface area contributed by atoms with Crippen molar-refractivity contribution >= 4 is 5.69 Å². The van der Waals surface area contributed by atoms with E-state index in [1.165, 1.54) is 0 Å². The third-order valence-corrected chi connectivity index (χ3v) is 3.39. The highest BCUT2D eigenvalue weighted by molar-refractivity contribution is 5.67. The zero-order chi connectivity index (χ0) is 15.2. The highest BCUT2D eigenvalue weighted by Crippen LogP contribution is 2.25. The van der Waals surface area contributed by atoms with Crippen LogP contribution in [0.25, 0.3) is 11.4 Å². The van der Waals surface area contributed by atoms with Crippen molar-refractivity contribution in [2.24, 2.45) is 0 Å². The standard InChI is InChI=1S/C15H23N5O/c1-4-7-21-8-5-6-20-15(17-18-19-20)13-10-14(16)12(3)9-11(13)2/h9-10H,4-8,16H2,1-3H3. The van der Waals surface area contributed by atoms with E-state index in [9.17, 15) is 0 Å². The third-order valence-electron chi connectivity index (χ3n) is 3.39. The van der Waals surface area contributed by atoms with E-state index in [-0.39, 0.29) is 0 Å². The van der Waals surface area contributed by atoms with Gasteiger partial charge in [0.1, 0.15) is 0 Å². The fourth-order valence-electron chi connectivity index (χ4n) is 2.22. The van der Waals surface area contributed by atoms with Crippen molar-refractivity contribution in [3.63, 3.8) is 0 Å². The Morgan fingerprint density at radius 2 is 2.00 bits per heavy atom. The van der Waals surface area contributed by atoms with Crippen LogP contribution < -0.4 is 5.73 Å². The molecule has 0 fully saturated rings. The average molecular weight is 289 g/mol. The highest BCUT2D eigenvalue weighted by atomic mass is 16.5. The van der Waals surface area contributed by atoms with Crippen molar-refractivity contribution in [2.45, 2.75) is 40.2 Å². The third kappa shape index (κ3) is 3.78. The van der Waals surface area contributed by atoms with Crippen LogP contribution in [0.2, 0.25) is 0 Å². The zero-order valence-electron chi connectivity index (χ0n) is 13.0. The van der Waals surface area contributed by atoms with Crippen LogP contribution in [0.15, 0.2) is 12.1 Å². The molecule has 0 saturated carbocycles. The second-order valence-corrected chi connectivity index (χ2v) is 5.22. The molecule has 0 aliphatic heterocycles. The number of rotatable bonds is 7. The Balaban J connectivity index is 2.11. The molecule has 0 aliphatic carbocycles. The van der Waals surface area contributed by atoms with E-state index in [0.717, 1.165) is 60.8 Å². The molecule has 0 spiro atoms. The van der Waals surface area contributed by atoms with E-state index >= 15 is 0 Å². The second kappa shape index (κ2) is 7.17. The summed E-state index contributed by atoms with van der Waals surface area (Å²) < 4.78 is 7.30. The fourth-order valence-corrected chi connectivity index (χ4v) is 2.22. The molecule has 21 heavy (non-hydrogen) atoms. The van der Waals surface area contributed by atoms with Gasteiger partial charge >= 0.3 is 0 Å². The molecule has 1 aromatic carbocycles. The lowest BCUT2D eigenvalue weighted by Gasteiger charge is -2.10. The summed E-state index contributed by atoms with van der Waals surface area (Å²) >= 11 is 0. The summed E-state index contributed by atoms with van der Waals surface area (Å²) in [5, 5.41) is 12.0. The molecular formula is C15H23N5O. The van der Waals surface area contributed by atoms with Gasteiger partial charge in [0, 0.05) is 31.0 Å². The first kappa shape index (κ1) is 15.4. The van der Waals surface area contributed by atoms with Gasteiger partial charge < -0.3 is 10.5 Å². The Hall–Kier alpha value is -1.95. The Kier molecular flexibility index (Phi) is 5.27. The molecule has 0 aliphatic rings. The van der Waals surface area contributed by atoms with E-state index in [4.69, 9.17) is 10.5 Å². The monoisotopic (exact) mass is 289 g/mol. The fraction of sp³-hybridized carbons (Fsp3) is 0.533. The van der Waals surface area contributed by atoms with Crippen LogP contribution in [0, 0.1) is 13.8 Å². The van der Waals surface area contributed by atoms with Crippen LogP contribution >= 0.6 is 0 Å². The summed E-state index contributed by atoms with van der Waals surface area (Å²) in [6, 6.07) is 4.01. The summed E-state index contributed by atoms with van der Waals surface area (Å²) in [5.74, 6) is 0.759. The lowest BCUT2D eigenvalue weighted by atomic mass is 10.0. The molecule has 1 heterocycles. The maximum absolute atomic E-state index is 6.00. The van der Waals surface area contributed by atoms with Crippen molar-refractivity contribution in [1.29, 1.82) is 0 Å². The molecule has 114 valence electrons. The van der Waals surface area contributed by atoms with Gasteiger partial charge in [0.15, 0.2) is 5.82 Å². The SMILES string of the molecule is CCCOCCCn1nnnc1-c1cc(N)c(C)cc1C. The topological polar surface area (TPSA) is 78.8 Å². The Morgan fingerprint density at radius 1 is 1.19 bits per heavy atom. The number of aromatic nitrogens is 4. The van der Waals surface area contributed by atoms with Gasteiger partial charge in [-0.3, -0.25) is 0 Å². The number of tetrazole rings is 1. The lowest BCUT2D eigenvalue weighted by Crippen LogP contribution is -2.07. The van der Waals surface area contributed by atoms with Crippen LogP contribution in [0.4, 0.5) is 5.69 Å². The summed E-state index contributed by atoms with van der Waals surface area (Å²) in [6.07, 6.45) is 1.93. The maximum atomic E-state index is 6.00. The minimum Gasteiger partial charge on any atom is -0.398 e. The molecule has 1 aromatic heterocycles. The lowest BCUT2D eigenvalue weighted by molar-refractivity contribution is 0.128. The van der Waals surface area contributed by atoms with Crippen LogP contribution in [-0.4, -0.2) is 33.4 Å². The molecule has 2 rings (SSSR count). The highest BCUT2D eigenvalue weighted by Gasteiger charge is 2.12.